The van der Waals surface area contributed by atoms with E-state index in [0.717, 1.165) is 37.0 Å². The van der Waals surface area contributed by atoms with Crippen molar-refractivity contribution in [2.75, 3.05) is 5.73 Å². The van der Waals surface area contributed by atoms with Gasteiger partial charge in [-0.15, -0.1) is 0 Å². The third-order valence-corrected chi connectivity index (χ3v) is 3.60. The molecular formula is C16H15F2NO. The number of hydrogen-bond acceptors (Lipinski definition) is 2. The highest BCUT2D eigenvalue weighted by molar-refractivity contribution is 5.44. The second-order valence-electron chi connectivity index (χ2n) is 5.01. The standard InChI is InChI=1S/C16H15F2NO/c17-13-8-11(19)9-14(18)16(13)20-15-7-3-5-10-4-1-2-6-12(10)15/h1-2,4,6,8-9,15H,3,5,7,19H2. The molecule has 1 aliphatic carbocycles. The first kappa shape index (κ1) is 12.9. The molecule has 2 aromatic carbocycles. The summed E-state index contributed by atoms with van der Waals surface area (Å²) in [5, 5.41) is 0. The van der Waals surface area contributed by atoms with E-state index < -0.39 is 11.6 Å². The first-order valence-corrected chi connectivity index (χ1v) is 6.64. The van der Waals surface area contributed by atoms with Crippen molar-refractivity contribution in [3.8, 4) is 5.75 Å². The minimum atomic E-state index is -0.759. The Morgan fingerprint density at radius 1 is 1.10 bits per heavy atom. The molecule has 0 spiro atoms. The van der Waals surface area contributed by atoms with Crippen molar-refractivity contribution in [2.24, 2.45) is 0 Å². The first-order chi connectivity index (χ1) is 9.65. The van der Waals surface area contributed by atoms with Crippen LogP contribution in [0, 0.1) is 11.6 Å². The molecule has 0 heterocycles. The maximum Gasteiger partial charge on any atom is 0.191 e. The van der Waals surface area contributed by atoms with Gasteiger partial charge in [0.2, 0.25) is 0 Å². The summed E-state index contributed by atoms with van der Waals surface area (Å²) in [5.41, 5.74) is 7.64. The molecule has 2 N–H and O–H groups in total. The second-order valence-corrected chi connectivity index (χ2v) is 5.01. The van der Waals surface area contributed by atoms with Crippen LogP contribution in [-0.2, 0) is 6.42 Å². The number of halogens is 2. The Hall–Kier alpha value is -2.10. The number of anilines is 1. The summed E-state index contributed by atoms with van der Waals surface area (Å²) >= 11 is 0. The molecule has 2 aromatic rings. The molecule has 0 aromatic heterocycles. The molecule has 1 unspecified atom stereocenters. The maximum atomic E-state index is 13.8. The van der Waals surface area contributed by atoms with Gasteiger partial charge in [-0.3, -0.25) is 0 Å². The molecular weight excluding hydrogens is 260 g/mol. The summed E-state index contributed by atoms with van der Waals surface area (Å²) in [6.07, 6.45) is 2.36. The lowest BCUT2D eigenvalue weighted by Crippen LogP contribution is -2.16. The van der Waals surface area contributed by atoms with Gasteiger partial charge in [-0.25, -0.2) is 8.78 Å². The fraction of sp³-hybridized carbons (Fsp3) is 0.250. The van der Waals surface area contributed by atoms with Crippen molar-refractivity contribution in [2.45, 2.75) is 25.4 Å². The average Bonchev–Trinajstić information content (AvgIpc) is 2.43. The molecule has 1 atom stereocenters. The van der Waals surface area contributed by atoms with E-state index in [-0.39, 0.29) is 17.5 Å². The monoisotopic (exact) mass is 275 g/mol. The Morgan fingerprint density at radius 3 is 2.55 bits per heavy atom. The van der Waals surface area contributed by atoms with Gasteiger partial charge in [-0.2, -0.15) is 0 Å². The summed E-state index contributed by atoms with van der Waals surface area (Å²) in [7, 11) is 0. The largest absolute Gasteiger partial charge is 0.480 e. The number of ether oxygens (including phenoxy) is 1. The molecule has 1 aliphatic rings. The van der Waals surface area contributed by atoms with Crippen molar-refractivity contribution in [1.29, 1.82) is 0 Å². The first-order valence-electron chi connectivity index (χ1n) is 6.64. The van der Waals surface area contributed by atoms with Gasteiger partial charge >= 0.3 is 0 Å². The van der Waals surface area contributed by atoms with Gasteiger partial charge in [0.05, 0.1) is 0 Å². The van der Waals surface area contributed by atoms with E-state index in [1.165, 1.54) is 5.56 Å². The molecule has 4 heteroatoms. The molecule has 0 radical (unpaired) electrons. The molecule has 0 fully saturated rings. The lowest BCUT2D eigenvalue weighted by molar-refractivity contribution is 0.167. The normalized spacial score (nSPS) is 17.6. The lowest BCUT2D eigenvalue weighted by Gasteiger charge is -2.26. The van der Waals surface area contributed by atoms with Gasteiger partial charge in [-0.05, 0) is 30.4 Å². The molecule has 0 saturated carbocycles. The zero-order chi connectivity index (χ0) is 14.1. The van der Waals surface area contributed by atoms with Crippen LogP contribution in [0.4, 0.5) is 14.5 Å². The zero-order valence-electron chi connectivity index (χ0n) is 10.9. The lowest BCUT2D eigenvalue weighted by atomic mass is 9.89. The van der Waals surface area contributed by atoms with Crippen molar-refractivity contribution < 1.29 is 13.5 Å². The predicted octanol–water partition coefficient (Wildman–Crippen LogP) is 4.00. The van der Waals surface area contributed by atoms with Crippen LogP contribution in [0.25, 0.3) is 0 Å². The van der Waals surface area contributed by atoms with E-state index >= 15 is 0 Å². The fourth-order valence-electron chi connectivity index (χ4n) is 2.67. The molecule has 2 nitrogen and oxygen atoms in total. The third-order valence-electron chi connectivity index (χ3n) is 3.60. The van der Waals surface area contributed by atoms with Crippen LogP contribution in [0.2, 0.25) is 0 Å². The fourth-order valence-corrected chi connectivity index (χ4v) is 2.67. The number of nitrogen functional groups attached to an aromatic ring is 1. The summed E-state index contributed by atoms with van der Waals surface area (Å²) in [6, 6.07) is 10.0. The van der Waals surface area contributed by atoms with Crippen molar-refractivity contribution in [3.63, 3.8) is 0 Å². The van der Waals surface area contributed by atoms with E-state index in [1.54, 1.807) is 0 Å². The number of fused-ring (bicyclic) bond motifs is 1. The van der Waals surface area contributed by atoms with Crippen LogP contribution in [0.3, 0.4) is 0 Å². The van der Waals surface area contributed by atoms with E-state index in [1.807, 2.05) is 24.3 Å². The van der Waals surface area contributed by atoms with Crippen LogP contribution in [-0.4, -0.2) is 0 Å². The highest BCUT2D eigenvalue weighted by atomic mass is 19.1. The Morgan fingerprint density at radius 2 is 1.80 bits per heavy atom. The molecule has 0 amide bonds. The number of aryl methyl sites for hydroxylation is 1. The summed E-state index contributed by atoms with van der Waals surface area (Å²) in [5.74, 6) is -1.86. The highest BCUT2D eigenvalue weighted by Gasteiger charge is 2.24. The Balaban J connectivity index is 1.94. The molecule has 104 valence electrons. The Kier molecular flexibility index (Phi) is 3.30. The van der Waals surface area contributed by atoms with Crippen molar-refractivity contribution in [1.82, 2.24) is 0 Å². The van der Waals surface area contributed by atoms with Gasteiger partial charge in [0.1, 0.15) is 6.10 Å². The van der Waals surface area contributed by atoms with E-state index in [2.05, 4.69) is 0 Å². The topological polar surface area (TPSA) is 35.2 Å². The van der Waals surface area contributed by atoms with Gasteiger partial charge in [0, 0.05) is 17.8 Å². The molecule has 0 saturated heterocycles. The van der Waals surface area contributed by atoms with E-state index in [9.17, 15) is 8.78 Å². The number of rotatable bonds is 2. The van der Waals surface area contributed by atoms with Crippen LogP contribution in [0.5, 0.6) is 5.75 Å². The van der Waals surface area contributed by atoms with Crippen LogP contribution >= 0.6 is 0 Å². The highest BCUT2D eigenvalue weighted by Crippen LogP contribution is 2.35. The van der Waals surface area contributed by atoms with Crippen LogP contribution < -0.4 is 10.5 Å². The summed E-state index contributed by atoms with van der Waals surface area (Å²) < 4.78 is 33.2. The second kappa shape index (κ2) is 5.12. The smallest absolute Gasteiger partial charge is 0.191 e. The zero-order valence-corrected chi connectivity index (χ0v) is 10.9. The molecule has 3 rings (SSSR count). The van der Waals surface area contributed by atoms with Crippen LogP contribution in [0.1, 0.15) is 30.1 Å². The average molecular weight is 275 g/mol. The molecule has 0 aliphatic heterocycles. The third kappa shape index (κ3) is 2.33. The minimum absolute atomic E-state index is 0.0522. The van der Waals surface area contributed by atoms with Crippen molar-refractivity contribution >= 4 is 5.69 Å². The molecule has 20 heavy (non-hydrogen) atoms. The van der Waals surface area contributed by atoms with Gasteiger partial charge in [0.25, 0.3) is 0 Å². The van der Waals surface area contributed by atoms with Gasteiger partial charge < -0.3 is 10.5 Å². The van der Waals surface area contributed by atoms with Crippen LogP contribution in [0.15, 0.2) is 36.4 Å². The Bertz CT molecular complexity index is 619. The van der Waals surface area contributed by atoms with E-state index in [4.69, 9.17) is 10.5 Å². The Labute approximate surface area is 116 Å². The van der Waals surface area contributed by atoms with E-state index in [0.29, 0.717) is 0 Å². The number of hydrogen-bond donors (Lipinski definition) is 1. The summed E-state index contributed by atoms with van der Waals surface area (Å²) in [6.45, 7) is 0. The predicted molar refractivity (Wildman–Crippen MR) is 73.5 cm³/mol. The number of nitrogens with two attached hydrogens (primary N) is 1. The SMILES string of the molecule is Nc1cc(F)c(OC2CCCc3ccccc32)c(F)c1. The minimum Gasteiger partial charge on any atom is -0.480 e. The maximum absolute atomic E-state index is 13.8. The van der Waals surface area contributed by atoms with Gasteiger partial charge in [0.15, 0.2) is 17.4 Å². The summed E-state index contributed by atoms with van der Waals surface area (Å²) in [4.78, 5) is 0. The molecule has 0 bridgehead atoms. The van der Waals surface area contributed by atoms with Gasteiger partial charge in [-0.1, -0.05) is 24.3 Å². The van der Waals surface area contributed by atoms with Crippen molar-refractivity contribution in [3.05, 3.63) is 59.2 Å². The quantitative estimate of drug-likeness (QED) is 0.841. The number of benzene rings is 2.